The second kappa shape index (κ2) is 6.70. The lowest BCUT2D eigenvalue weighted by Gasteiger charge is -1.96. The molecule has 0 atom stereocenters. The summed E-state index contributed by atoms with van der Waals surface area (Å²) in [5.74, 6) is 0.271. The number of thiazole rings is 1. The van der Waals surface area contributed by atoms with Gasteiger partial charge in [0, 0.05) is 21.5 Å². The summed E-state index contributed by atoms with van der Waals surface area (Å²) in [6, 6.07) is 13.5. The summed E-state index contributed by atoms with van der Waals surface area (Å²) in [4.78, 5) is 6.04. The quantitative estimate of drug-likeness (QED) is 0.536. The molecular formula is C17H11ClFN5S. The Kier molecular flexibility index (Phi) is 4.25. The molecule has 0 saturated carbocycles. The van der Waals surface area contributed by atoms with E-state index < -0.39 is 0 Å². The maximum absolute atomic E-state index is 13.0. The molecule has 0 aliphatic rings. The normalized spacial score (nSPS) is 11.0. The number of halogens is 2. The predicted octanol–water partition coefficient (Wildman–Crippen LogP) is 4.30. The topological polar surface area (TPSA) is 56.5 Å². The summed E-state index contributed by atoms with van der Waals surface area (Å²) in [5.41, 5.74) is 2.55. The molecule has 2 heterocycles. The van der Waals surface area contributed by atoms with Gasteiger partial charge in [-0.25, -0.2) is 9.37 Å². The van der Waals surface area contributed by atoms with Crippen molar-refractivity contribution in [2.24, 2.45) is 0 Å². The standard InChI is InChI=1S/C17H11ClFN5S/c18-13-5-1-11(2-6-13)16-21-23-24(22-16)9-15-10-25-17(20-15)12-3-7-14(19)8-4-12/h1-8,10H,9H2. The first-order valence-corrected chi connectivity index (χ1v) is 8.67. The van der Waals surface area contributed by atoms with Crippen molar-refractivity contribution in [2.75, 3.05) is 0 Å². The fraction of sp³-hybridized carbons (Fsp3) is 0.0588. The first-order valence-electron chi connectivity index (χ1n) is 7.41. The zero-order valence-electron chi connectivity index (χ0n) is 12.8. The van der Waals surface area contributed by atoms with E-state index in [9.17, 15) is 4.39 Å². The van der Waals surface area contributed by atoms with Crippen LogP contribution in [-0.2, 0) is 6.54 Å². The number of aromatic nitrogens is 5. The lowest BCUT2D eigenvalue weighted by atomic mass is 10.2. The van der Waals surface area contributed by atoms with E-state index in [0.717, 1.165) is 21.8 Å². The van der Waals surface area contributed by atoms with Gasteiger partial charge in [0.05, 0.1) is 5.69 Å². The minimum atomic E-state index is -0.262. The lowest BCUT2D eigenvalue weighted by molar-refractivity contribution is 0.566. The molecule has 0 aliphatic carbocycles. The summed E-state index contributed by atoms with van der Waals surface area (Å²) in [5, 5.41) is 15.9. The van der Waals surface area contributed by atoms with E-state index in [-0.39, 0.29) is 5.82 Å². The van der Waals surface area contributed by atoms with Gasteiger partial charge in [0.2, 0.25) is 5.82 Å². The summed E-state index contributed by atoms with van der Waals surface area (Å²) >= 11 is 7.38. The molecule has 4 aromatic rings. The van der Waals surface area contributed by atoms with Crippen molar-refractivity contribution in [3.05, 3.63) is 70.4 Å². The van der Waals surface area contributed by atoms with Crippen LogP contribution in [0.4, 0.5) is 4.39 Å². The number of hydrogen-bond acceptors (Lipinski definition) is 5. The lowest BCUT2D eigenvalue weighted by Crippen LogP contribution is -2.04. The van der Waals surface area contributed by atoms with Crippen LogP contribution in [-0.4, -0.2) is 25.2 Å². The molecule has 0 saturated heterocycles. The van der Waals surface area contributed by atoms with Crippen LogP contribution in [0.1, 0.15) is 5.69 Å². The Hall–Kier alpha value is -2.64. The van der Waals surface area contributed by atoms with E-state index >= 15 is 0 Å². The number of benzene rings is 2. The minimum absolute atomic E-state index is 0.262. The second-order valence-corrected chi connectivity index (χ2v) is 6.60. The van der Waals surface area contributed by atoms with Crippen LogP contribution in [0.3, 0.4) is 0 Å². The van der Waals surface area contributed by atoms with Gasteiger partial charge in [-0.3, -0.25) is 0 Å². The Labute approximate surface area is 151 Å². The van der Waals surface area contributed by atoms with Gasteiger partial charge in [0.15, 0.2) is 0 Å². The Bertz CT molecular complexity index is 913. The van der Waals surface area contributed by atoms with Crippen molar-refractivity contribution in [1.29, 1.82) is 0 Å². The second-order valence-electron chi connectivity index (χ2n) is 5.30. The first-order chi connectivity index (χ1) is 12.2. The average Bonchev–Trinajstić information content (AvgIpc) is 3.27. The maximum Gasteiger partial charge on any atom is 0.204 e. The Morgan fingerprint density at radius 1 is 1.00 bits per heavy atom. The molecule has 0 bridgehead atoms. The van der Waals surface area contributed by atoms with Crippen molar-refractivity contribution in [3.8, 4) is 22.0 Å². The van der Waals surface area contributed by atoms with E-state index in [1.54, 1.807) is 24.3 Å². The van der Waals surface area contributed by atoms with Crippen LogP contribution in [0.5, 0.6) is 0 Å². The molecule has 5 nitrogen and oxygen atoms in total. The summed E-state index contributed by atoms with van der Waals surface area (Å²) in [7, 11) is 0. The van der Waals surface area contributed by atoms with Crippen LogP contribution in [0.15, 0.2) is 53.9 Å². The van der Waals surface area contributed by atoms with Gasteiger partial charge in [0.25, 0.3) is 0 Å². The Balaban J connectivity index is 1.51. The van der Waals surface area contributed by atoms with Crippen molar-refractivity contribution in [3.63, 3.8) is 0 Å². The molecule has 0 fully saturated rings. The molecule has 0 N–H and O–H groups in total. The summed E-state index contributed by atoms with van der Waals surface area (Å²) < 4.78 is 13.0. The van der Waals surface area contributed by atoms with Crippen LogP contribution in [0.25, 0.3) is 22.0 Å². The third kappa shape index (κ3) is 3.57. The molecule has 124 valence electrons. The Morgan fingerprint density at radius 3 is 2.48 bits per heavy atom. The molecule has 0 unspecified atom stereocenters. The fourth-order valence-corrected chi connectivity index (χ4v) is 3.22. The van der Waals surface area contributed by atoms with E-state index in [4.69, 9.17) is 11.6 Å². The van der Waals surface area contributed by atoms with Gasteiger partial charge in [0.1, 0.15) is 17.4 Å². The summed E-state index contributed by atoms with van der Waals surface area (Å²) in [6.07, 6.45) is 0. The van der Waals surface area contributed by atoms with E-state index in [2.05, 4.69) is 20.4 Å². The smallest absolute Gasteiger partial charge is 0.204 e. The van der Waals surface area contributed by atoms with Crippen molar-refractivity contribution in [2.45, 2.75) is 6.54 Å². The molecule has 8 heteroatoms. The largest absolute Gasteiger partial charge is 0.239 e. The Morgan fingerprint density at radius 2 is 1.72 bits per heavy atom. The van der Waals surface area contributed by atoms with E-state index in [0.29, 0.717) is 17.4 Å². The highest BCUT2D eigenvalue weighted by Gasteiger charge is 2.09. The number of hydrogen-bond donors (Lipinski definition) is 0. The maximum atomic E-state index is 13.0. The molecule has 0 radical (unpaired) electrons. The minimum Gasteiger partial charge on any atom is -0.239 e. The molecular weight excluding hydrogens is 361 g/mol. The molecule has 0 amide bonds. The van der Waals surface area contributed by atoms with E-state index in [1.807, 2.05) is 17.5 Å². The van der Waals surface area contributed by atoms with Crippen molar-refractivity contribution in [1.82, 2.24) is 25.2 Å². The number of rotatable bonds is 4. The third-order valence-electron chi connectivity index (χ3n) is 3.50. The van der Waals surface area contributed by atoms with Gasteiger partial charge in [-0.05, 0) is 53.7 Å². The van der Waals surface area contributed by atoms with Gasteiger partial charge >= 0.3 is 0 Å². The zero-order chi connectivity index (χ0) is 17.2. The van der Waals surface area contributed by atoms with Crippen molar-refractivity contribution < 1.29 is 4.39 Å². The van der Waals surface area contributed by atoms with Crippen LogP contribution in [0.2, 0.25) is 5.02 Å². The zero-order valence-corrected chi connectivity index (χ0v) is 14.4. The number of nitrogens with zero attached hydrogens (tertiary/aromatic N) is 5. The highest BCUT2D eigenvalue weighted by Crippen LogP contribution is 2.24. The molecule has 4 rings (SSSR count). The highest BCUT2D eigenvalue weighted by molar-refractivity contribution is 7.13. The van der Waals surface area contributed by atoms with Crippen molar-refractivity contribution >= 4 is 22.9 Å². The van der Waals surface area contributed by atoms with E-state index in [1.165, 1.54) is 28.3 Å². The first kappa shape index (κ1) is 15.9. The average molecular weight is 372 g/mol. The monoisotopic (exact) mass is 371 g/mol. The molecule has 2 aromatic carbocycles. The van der Waals surface area contributed by atoms with Crippen LogP contribution in [0, 0.1) is 5.82 Å². The van der Waals surface area contributed by atoms with Crippen LogP contribution < -0.4 is 0 Å². The third-order valence-corrected chi connectivity index (χ3v) is 4.69. The van der Waals surface area contributed by atoms with Gasteiger partial charge < -0.3 is 0 Å². The van der Waals surface area contributed by atoms with Crippen LogP contribution >= 0.6 is 22.9 Å². The van der Waals surface area contributed by atoms with Gasteiger partial charge in [-0.15, -0.1) is 21.5 Å². The molecule has 2 aromatic heterocycles. The molecule has 0 aliphatic heterocycles. The number of tetrazole rings is 1. The highest BCUT2D eigenvalue weighted by atomic mass is 35.5. The van der Waals surface area contributed by atoms with Gasteiger partial charge in [-0.2, -0.15) is 4.80 Å². The molecule has 0 spiro atoms. The SMILES string of the molecule is Fc1ccc(-c2nc(Cn3nnc(-c4ccc(Cl)cc4)n3)cs2)cc1. The fourth-order valence-electron chi connectivity index (χ4n) is 2.27. The predicted molar refractivity (Wildman–Crippen MR) is 94.9 cm³/mol. The van der Waals surface area contributed by atoms with Gasteiger partial charge in [-0.1, -0.05) is 11.6 Å². The summed E-state index contributed by atoms with van der Waals surface area (Å²) in [6.45, 7) is 0.415. The molecule has 25 heavy (non-hydrogen) atoms.